The van der Waals surface area contributed by atoms with Crippen molar-refractivity contribution in [1.29, 1.82) is 0 Å². The molecular weight excluding hydrogens is 394 g/mol. The van der Waals surface area contributed by atoms with E-state index < -0.39 is 5.72 Å². The molecule has 3 aliphatic heterocycles. The van der Waals surface area contributed by atoms with Crippen LogP contribution in [-0.2, 0) is 4.79 Å². The van der Waals surface area contributed by atoms with Crippen molar-refractivity contribution in [1.82, 2.24) is 9.91 Å². The van der Waals surface area contributed by atoms with Crippen LogP contribution in [0.3, 0.4) is 0 Å². The Kier molecular flexibility index (Phi) is 4.76. The predicted octanol–water partition coefficient (Wildman–Crippen LogP) is 3.59. The number of benzene rings is 2. The molecule has 0 aromatic heterocycles. The van der Waals surface area contributed by atoms with E-state index in [0.717, 1.165) is 40.5 Å². The van der Waals surface area contributed by atoms with Gasteiger partial charge in [-0.05, 0) is 18.2 Å². The fraction of sp³-hybridized carbons (Fsp3) is 0.417. The van der Waals surface area contributed by atoms with Gasteiger partial charge in [0.05, 0.1) is 26.0 Å². The SMILES string of the molecule is COc1cccc(C2=NN3[C@H](C2)c2cccc(OC)c2OC32CCN(C(C)=O)CC2)c1. The molecule has 3 heterocycles. The molecule has 3 aliphatic rings. The Bertz CT molecular complexity index is 1040. The molecule has 5 rings (SSSR count). The fourth-order valence-electron chi connectivity index (χ4n) is 4.91. The van der Waals surface area contributed by atoms with Gasteiger partial charge in [-0.3, -0.25) is 4.79 Å². The van der Waals surface area contributed by atoms with Crippen LogP contribution in [0.1, 0.15) is 43.4 Å². The van der Waals surface area contributed by atoms with Gasteiger partial charge in [-0.2, -0.15) is 5.10 Å². The highest BCUT2D eigenvalue weighted by atomic mass is 16.5. The average molecular weight is 421 g/mol. The maximum atomic E-state index is 11.9. The molecule has 2 aromatic rings. The number of ether oxygens (including phenoxy) is 3. The Morgan fingerprint density at radius 2 is 1.90 bits per heavy atom. The van der Waals surface area contributed by atoms with Crippen molar-refractivity contribution in [3.63, 3.8) is 0 Å². The summed E-state index contributed by atoms with van der Waals surface area (Å²) in [4.78, 5) is 13.8. The second-order valence-electron chi connectivity index (χ2n) is 8.28. The van der Waals surface area contributed by atoms with Gasteiger partial charge in [0.2, 0.25) is 11.6 Å². The number of fused-ring (bicyclic) bond motifs is 4. The summed E-state index contributed by atoms with van der Waals surface area (Å²) in [6.07, 6.45) is 2.15. The third-order valence-corrected chi connectivity index (χ3v) is 6.60. The molecule has 0 N–H and O–H groups in total. The van der Waals surface area contributed by atoms with Crippen LogP contribution in [0.5, 0.6) is 17.2 Å². The van der Waals surface area contributed by atoms with E-state index >= 15 is 0 Å². The summed E-state index contributed by atoms with van der Waals surface area (Å²) in [6.45, 7) is 2.91. The van der Waals surface area contributed by atoms with Gasteiger partial charge in [0.1, 0.15) is 5.75 Å². The lowest BCUT2D eigenvalue weighted by atomic mass is 9.90. The zero-order valence-corrected chi connectivity index (χ0v) is 18.1. The van der Waals surface area contributed by atoms with Gasteiger partial charge >= 0.3 is 0 Å². The van der Waals surface area contributed by atoms with Crippen molar-refractivity contribution >= 4 is 11.6 Å². The number of carbonyl (C=O) groups is 1. The number of methoxy groups -OCH3 is 2. The van der Waals surface area contributed by atoms with Crippen LogP contribution >= 0.6 is 0 Å². The number of hydrogen-bond acceptors (Lipinski definition) is 6. The molecule has 7 nitrogen and oxygen atoms in total. The van der Waals surface area contributed by atoms with Crippen LogP contribution < -0.4 is 14.2 Å². The normalized spacial score (nSPS) is 21.1. The number of piperidine rings is 1. The molecule has 31 heavy (non-hydrogen) atoms. The minimum absolute atomic E-state index is 0.0592. The van der Waals surface area contributed by atoms with Crippen LogP contribution in [0.2, 0.25) is 0 Å². The smallest absolute Gasteiger partial charge is 0.219 e. The van der Waals surface area contributed by atoms with E-state index in [1.54, 1.807) is 21.1 Å². The first-order chi connectivity index (χ1) is 15.0. The Morgan fingerprint density at radius 3 is 2.61 bits per heavy atom. The molecule has 1 spiro atoms. The minimum atomic E-state index is -0.598. The minimum Gasteiger partial charge on any atom is -0.497 e. The number of carbonyl (C=O) groups excluding carboxylic acids is 1. The van der Waals surface area contributed by atoms with E-state index in [4.69, 9.17) is 19.3 Å². The molecule has 7 heteroatoms. The first-order valence-corrected chi connectivity index (χ1v) is 10.7. The summed E-state index contributed by atoms with van der Waals surface area (Å²) in [5, 5.41) is 7.22. The highest BCUT2D eigenvalue weighted by Crippen LogP contribution is 2.52. The van der Waals surface area contributed by atoms with Gasteiger partial charge < -0.3 is 19.1 Å². The van der Waals surface area contributed by atoms with Crippen LogP contribution in [-0.4, -0.2) is 54.6 Å². The van der Waals surface area contributed by atoms with E-state index in [2.05, 4.69) is 17.1 Å². The molecule has 0 radical (unpaired) electrons. The highest BCUT2D eigenvalue weighted by Gasteiger charge is 2.52. The van der Waals surface area contributed by atoms with Gasteiger partial charge in [0, 0.05) is 50.4 Å². The molecule has 2 aromatic carbocycles. The number of hydrogen-bond donors (Lipinski definition) is 0. The molecule has 0 bridgehead atoms. The van der Waals surface area contributed by atoms with Crippen LogP contribution in [0, 0.1) is 0 Å². The molecule has 1 fully saturated rings. The van der Waals surface area contributed by atoms with Crippen LogP contribution in [0.25, 0.3) is 0 Å². The molecule has 0 saturated carbocycles. The number of likely N-dealkylation sites (tertiary alicyclic amines) is 1. The lowest BCUT2D eigenvalue weighted by Crippen LogP contribution is -2.59. The average Bonchev–Trinajstić information content (AvgIpc) is 3.26. The zero-order chi connectivity index (χ0) is 21.6. The summed E-state index contributed by atoms with van der Waals surface area (Å²) in [6, 6.07) is 14.1. The van der Waals surface area contributed by atoms with E-state index in [1.807, 2.05) is 35.2 Å². The van der Waals surface area contributed by atoms with Crippen molar-refractivity contribution in [3.05, 3.63) is 53.6 Å². The number of para-hydroxylation sites is 1. The van der Waals surface area contributed by atoms with Crippen molar-refractivity contribution in [3.8, 4) is 17.2 Å². The Morgan fingerprint density at radius 1 is 1.13 bits per heavy atom. The molecule has 1 saturated heterocycles. The molecular formula is C24H27N3O4. The van der Waals surface area contributed by atoms with Gasteiger partial charge in [-0.1, -0.05) is 24.3 Å². The Labute approximate surface area is 182 Å². The van der Waals surface area contributed by atoms with Crippen molar-refractivity contribution in [2.24, 2.45) is 5.10 Å². The lowest BCUT2D eigenvalue weighted by molar-refractivity contribution is -0.159. The summed E-state index contributed by atoms with van der Waals surface area (Å²) >= 11 is 0. The number of nitrogens with zero attached hydrogens (tertiary/aromatic N) is 3. The van der Waals surface area contributed by atoms with Gasteiger partial charge in [-0.15, -0.1) is 0 Å². The van der Waals surface area contributed by atoms with Crippen molar-refractivity contribution in [2.45, 2.75) is 38.0 Å². The van der Waals surface area contributed by atoms with Gasteiger partial charge in [-0.25, -0.2) is 5.01 Å². The predicted molar refractivity (Wildman–Crippen MR) is 117 cm³/mol. The van der Waals surface area contributed by atoms with E-state index in [0.29, 0.717) is 25.9 Å². The third-order valence-electron chi connectivity index (χ3n) is 6.60. The molecule has 1 atom stereocenters. The topological polar surface area (TPSA) is 63.6 Å². The largest absolute Gasteiger partial charge is 0.497 e. The third kappa shape index (κ3) is 3.19. The lowest BCUT2D eigenvalue weighted by Gasteiger charge is -2.51. The number of rotatable bonds is 3. The van der Waals surface area contributed by atoms with E-state index in [1.165, 1.54) is 0 Å². The summed E-state index contributed by atoms with van der Waals surface area (Å²) in [5.74, 6) is 2.44. The van der Waals surface area contributed by atoms with E-state index in [9.17, 15) is 4.79 Å². The zero-order valence-electron chi connectivity index (χ0n) is 18.1. The molecule has 0 aliphatic carbocycles. The van der Waals surface area contributed by atoms with Gasteiger partial charge in [0.25, 0.3) is 0 Å². The quantitative estimate of drug-likeness (QED) is 0.758. The van der Waals surface area contributed by atoms with Crippen molar-refractivity contribution in [2.75, 3.05) is 27.3 Å². The molecule has 162 valence electrons. The molecule has 1 amide bonds. The van der Waals surface area contributed by atoms with E-state index in [-0.39, 0.29) is 11.9 Å². The second-order valence-corrected chi connectivity index (χ2v) is 8.28. The summed E-state index contributed by atoms with van der Waals surface area (Å²) in [5.41, 5.74) is 2.55. The first kappa shape index (κ1) is 19.7. The molecule has 0 unspecified atom stereocenters. The Balaban J connectivity index is 1.57. The standard InChI is InChI=1S/C24H27N3O4/c1-16(28)26-12-10-24(11-13-26)27-21(19-8-5-9-22(30-3)23(19)31-24)15-20(25-27)17-6-4-7-18(14-17)29-2/h4-9,14,21H,10-13,15H2,1-3H3/t21-/m1/s1. The summed E-state index contributed by atoms with van der Waals surface area (Å²) in [7, 11) is 3.34. The van der Waals surface area contributed by atoms with Crippen molar-refractivity contribution < 1.29 is 19.0 Å². The summed E-state index contributed by atoms with van der Waals surface area (Å²) < 4.78 is 17.7. The maximum absolute atomic E-state index is 11.9. The van der Waals surface area contributed by atoms with Crippen LogP contribution in [0.15, 0.2) is 47.6 Å². The Hall–Kier alpha value is -3.22. The fourth-order valence-corrected chi connectivity index (χ4v) is 4.91. The van der Waals surface area contributed by atoms with Crippen LogP contribution in [0.4, 0.5) is 0 Å². The monoisotopic (exact) mass is 421 g/mol. The first-order valence-electron chi connectivity index (χ1n) is 10.7. The highest BCUT2D eigenvalue weighted by molar-refractivity contribution is 6.02. The number of amides is 1. The second kappa shape index (κ2) is 7.48. The maximum Gasteiger partial charge on any atom is 0.219 e. The van der Waals surface area contributed by atoms with Gasteiger partial charge in [0.15, 0.2) is 11.5 Å². The number of hydrazone groups is 1.